The van der Waals surface area contributed by atoms with E-state index in [4.69, 9.17) is 0 Å². The summed E-state index contributed by atoms with van der Waals surface area (Å²) in [6.07, 6.45) is 3.30. The van der Waals surface area contributed by atoms with Crippen LogP contribution < -0.4 is 5.32 Å². The maximum Gasteiger partial charge on any atom is 0.238 e. The summed E-state index contributed by atoms with van der Waals surface area (Å²) in [5.41, 5.74) is -0.0323. The minimum Gasteiger partial charge on any atom is -0.341 e. The van der Waals surface area contributed by atoms with E-state index in [9.17, 15) is 18.4 Å². The molecule has 0 aliphatic carbocycles. The van der Waals surface area contributed by atoms with Gasteiger partial charge in [-0.3, -0.25) is 14.5 Å². The van der Waals surface area contributed by atoms with Gasteiger partial charge in [0.25, 0.3) is 0 Å². The van der Waals surface area contributed by atoms with Crippen molar-refractivity contribution < 1.29 is 18.4 Å². The van der Waals surface area contributed by atoms with Gasteiger partial charge in [-0.1, -0.05) is 0 Å². The first-order valence-corrected chi connectivity index (χ1v) is 9.63. The Labute approximate surface area is 150 Å². The van der Waals surface area contributed by atoms with E-state index < -0.39 is 11.6 Å². The number of halogens is 2. The number of carbonyl (C=O) groups is 2. The van der Waals surface area contributed by atoms with E-state index in [0.29, 0.717) is 32.6 Å². The number of hydrogen-bond acceptors (Lipinski definition) is 4. The Kier molecular flexibility index (Phi) is 7.64. The van der Waals surface area contributed by atoms with Crippen molar-refractivity contribution in [2.24, 2.45) is 0 Å². The van der Waals surface area contributed by atoms with Gasteiger partial charge in [0.05, 0.1) is 12.2 Å². The monoisotopic (exact) mass is 371 g/mol. The summed E-state index contributed by atoms with van der Waals surface area (Å²) in [6.45, 7) is 2.70. The van der Waals surface area contributed by atoms with Crippen LogP contribution in [0.5, 0.6) is 0 Å². The van der Waals surface area contributed by atoms with Crippen LogP contribution in [0.3, 0.4) is 0 Å². The van der Waals surface area contributed by atoms with E-state index in [1.807, 2.05) is 16.1 Å². The van der Waals surface area contributed by atoms with Crippen molar-refractivity contribution in [1.82, 2.24) is 9.80 Å². The molecule has 1 fully saturated rings. The highest BCUT2D eigenvalue weighted by Crippen LogP contribution is 2.15. The first kappa shape index (κ1) is 19.7. The van der Waals surface area contributed by atoms with Gasteiger partial charge < -0.3 is 10.2 Å². The first-order chi connectivity index (χ1) is 12.0. The number of thioether (sulfide) groups is 1. The third-order valence-corrected chi connectivity index (χ3v) is 4.65. The Balaban J connectivity index is 1.82. The standard InChI is InChI=1S/C17H23F2N3O2S/c1-25-10-5-17(24)22-7-2-6-21(8-9-22)12-16(23)20-15-4-3-13(18)11-14(15)19/h3-4,11H,2,5-10,12H2,1H3,(H,20,23). The number of nitrogens with one attached hydrogen (secondary N) is 1. The molecule has 0 aromatic heterocycles. The molecule has 0 spiro atoms. The molecule has 2 rings (SSSR count). The fourth-order valence-corrected chi connectivity index (χ4v) is 3.09. The molecule has 25 heavy (non-hydrogen) atoms. The number of benzene rings is 1. The maximum atomic E-state index is 13.6. The highest BCUT2D eigenvalue weighted by Gasteiger charge is 2.20. The first-order valence-electron chi connectivity index (χ1n) is 8.23. The van der Waals surface area contributed by atoms with Crippen LogP contribution >= 0.6 is 11.8 Å². The van der Waals surface area contributed by atoms with Crippen molar-refractivity contribution in [1.29, 1.82) is 0 Å². The Hall–Kier alpha value is -1.67. The molecule has 138 valence electrons. The normalized spacial score (nSPS) is 15.7. The molecule has 1 N–H and O–H groups in total. The number of amides is 2. The second kappa shape index (κ2) is 9.72. The molecule has 0 saturated carbocycles. The van der Waals surface area contributed by atoms with Gasteiger partial charge in [0.2, 0.25) is 11.8 Å². The number of anilines is 1. The molecule has 1 aromatic carbocycles. The van der Waals surface area contributed by atoms with Crippen LogP contribution in [0.25, 0.3) is 0 Å². The average molecular weight is 371 g/mol. The average Bonchev–Trinajstić information content (AvgIpc) is 2.81. The smallest absolute Gasteiger partial charge is 0.238 e. The van der Waals surface area contributed by atoms with Gasteiger partial charge in [0.1, 0.15) is 11.6 Å². The van der Waals surface area contributed by atoms with E-state index >= 15 is 0 Å². The molecule has 0 radical (unpaired) electrons. The molecule has 2 amide bonds. The van der Waals surface area contributed by atoms with E-state index in [1.165, 1.54) is 6.07 Å². The molecule has 8 heteroatoms. The van der Waals surface area contributed by atoms with Crippen LogP contribution in [-0.4, -0.2) is 66.3 Å². The fourth-order valence-electron chi connectivity index (χ4n) is 2.71. The number of hydrogen-bond donors (Lipinski definition) is 1. The van der Waals surface area contributed by atoms with Crippen molar-refractivity contribution in [3.05, 3.63) is 29.8 Å². The van der Waals surface area contributed by atoms with Crippen molar-refractivity contribution in [2.45, 2.75) is 12.8 Å². The minimum absolute atomic E-state index is 0.0323. The van der Waals surface area contributed by atoms with Crippen molar-refractivity contribution >= 4 is 29.3 Å². The minimum atomic E-state index is -0.796. The Bertz CT molecular complexity index is 616. The van der Waals surface area contributed by atoms with Crippen molar-refractivity contribution in [3.8, 4) is 0 Å². The lowest BCUT2D eigenvalue weighted by atomic mass is 10.3. The second-order valence-corrected chi connectivity index (χ2v) is 6.91. The van der Waals surface area contributed by atoms with Gasteiger partial charge >= 0.3 is 0 Å². The zero-order valence-corrected chi connectivity index (χ0v) is 15.1. The van der Waals surface area contributed by atoms with Crippen LogP contribution in [0.1, 0.15) is 12.8 Å². The molecular weight excluding hydrogens is 348 g/mol. The topological polar surface area (TPSA) is 52.7 Å². The fraction of sp³-hybridized carbons (Fsp3) is 0.529. The lowest BCUT2D eigenvalue weighted by Crippen LogP contribution is -2.38. The summed E-state index contributed by atoms with van der Waals surface area (Å²) in [5.74, 6) is -0.879. The number of nitrogens with zero attached hydrogens (tertiary/aromatic N) is 2. The molecule has 5 nitrogen and oxygen atoms in total. The zero-order chi connectivity index (χ0) is 18.2. The summed E-state index contributed by atoms with van der Waals surface area (Å²) < 4.78 is 26.5. The highest BCUT2D eigenvalue weighted by atomic mass is 32.2. The van der Waals surface area contributed by atoms with Crippen molar-refractivity contribution in [2.75, 3.05) is 50.0 Å². The van der Waals surface area contributed by atoms with Crippen LogP contribution in [0.4, 0.5) is 14.5 Å². The maximum absolute atomic E-state index is 13.6. The SMILES string of the molecule is CSCCC(=O)N1CCCN(CC(=O)Nc2ccc(F)cc2F)CC1. The lowest BCUT2D eigenvalue weighted by molar-refractivity contribution is -0.130. The quantitative estimate of drug-likeness (QED) is 0.833. The highest BCUT2D eigenvalue weighted by molar-refractivity contribution is 7.98. The third-order valence-electron chi connectivity index (χ3n) is 4.03. The summed E-state index contributed by atoms with van der Waals surface area (Å²) >= 11 is 1.65. The molecule has 0 unspecified atom stereocenters. The predicted molar refractivity (Wildman–Crippen MR) is 95.6 cm³/mol. The van der Waals surface area contributed by atoms with Gasteiger partial charge in [-0.15, -0.1) is 0 Å². The Morgan fingerprint density at radius 1 is 1.20 bits per heavy atom. The predicted octanol–water partition coefficient (Wildman–Crippen LogP) is 2.19. The molecule has 1 aliphatic heterocycles. The molecule has 0 bridgehead atoms. The molecule has 1 saturated heterocycles. The lowest BCUT2D eigenvalue weighted by Gasteiger charge is -2.21. The van der Waals surface area contributed by atoms with Crippen LogP contribution in [0.2, 0.25) is 0 Å². The zero-order valence-electron chi connectivity index (χ0n) is 14.3. The van der Waals surface area contributed by atoms with E-state index in [2.05, 4.69) is 5.32 Å². The van der Waals surface area contributed by atoms with Gasteiger partial charge in [0.15, 0.2) is 0 Å². The summed E-state index contributed by atoms with van der Waals surface area (Å²) in [7, 11) is 0. The molecule has 1 aromatic rings. The van der Waals surface area contributed by atoms with Gasteiger partial charge in [-0.2, -0.15) is 11.8 Å². The molecule has 0 atom stereocenters. The van der Waals surface area contributed by atoms with Gasteiger partial charge in [0, 0.05) is 44.4 Å². The van der Waals surface area contributed by atoms with Crippen LogP contribution in [0, 0.1) is 11.6 Å². The molecule has 1 aliphatic rings. The van der Waals surface area contributed by atoms with E-state index in [0.717, 1.165) is 24.3 Å². The van der Waals surface area contributed by atoms with Crippen LogP contribution in [0.15, 0.2) is 18.2 Å². The Morgan fingerprint density at radius 3 is 2.72 bits per heavy atom. The number of rotatable bonds is 6. The molecular formula is C17H23F2N3O2S. The molecule has 1 heterocycles. The van der Waals surface area contributed by atoms with E-state index in [1.54, 1.807) is 11.8 Å². The van der Waals surface area contributed by atoms with Crippen molar-refractivity contribution in [3.63, 3.8) is 0 Å². The second-order valence-electron chi connectivity index (χ2n) is 5.93. The third kappa shape index (κ3) is 6.28. The Morgan fingerprint density at radius 2 is 2.00 bits per heavy atom. The van der Waals surface area contributed by atoms with Crippen LogP contribution in [-0.2, 0) is 9.59 Å². The van der Waals surface area contributed by atoms with E-state index in [-0.39, 0.29) is 24.0 Å². The summed E-state index contributed by atoms with van der Waals surface area (Å²) in [4.78, 5) is 28.0. The number of carbonyl (C=O) groups excluding carboxylic acids is 2. The summed E-state index contributed by atoms with van der Waals surface area (Å²) in [6, 6.07) is 3.04. The largest absolute Gasteiger partial charge is 0.341 e. The summed E-state index contributed by atoms with van der Waals surface area (Å²) in [5, 5.41) is 2.46. The van der Waals surface area contributed by atoms with Gasteiger partial charge in [-0.05, 0) is 24.8 Å². The van der Waals surface area contributed by atoms with Gasteiger partial charge in [-0.25, -0.2) is 8.78 Å².